The van der Waals surface area contributed by atoms with Crippen molar-refractivity contribution in [1.29, 1.82) is 0 Å². The summed E-state index contributed by atoms with van der Waals surface area (Å²) in [6.45, 7) is 4.17. The Labute approximate surface area is 137 Å². The number of amides is 1. The van der Waals surface area contributed by atoms with Crippen LogP contribution in [-0.4, -0.2) is 36.7 Å². The van der Waals surface area contributed by atoms with E-state index in [0.717, 1.165) is 0 Å². The van der Waals surface area contributed by atoms with Crippen LogP contribution in [0.5, 0.6) is 0 Å². The third-order valence-corrected chi connectivity index (χ3v) is 2.99. The van der Waals surface area contributed by atoms with Crippen LogP contribution >= 0.6 is 0 Å². The average Bonchev–Trinajstić information content (AvgIpc) is 3.25. The largest absolute Gasteiger partial charge is 0.453 e. The first-order valence-electron chi connectivity index (χ1n) is 7.30. The van der Waals surface area contributed by atoms with E-state index >= 15 is 0 Å². The zero-order valence-corrected chi connectivity index (χ0v) is 13.2. The maximum absolute atomic E-state index is 12.2. The fraction of sp³-hybridized carbons (Fsp3) is 0.267. The van der Waals surface area contributed by atoms with Gasteiger partial charge in [-0.1, -0.05) is 0 Å². The van der Waals surface area contributed by atoms with E-state index in [-0.39, 0.29) is 11.9 Å². The van der Waals surface area contributed by atoms with Gasteiger partial charge in [0, 0.05) is 6.07 Å². The molecule has 0 atom stereocenters. The topological polar surface area (TPSA) is 108 Å². The van der Waals surface area contributed by atoms with Gasteiger partial charge in [-0.15, -0.1) is 0 Å². The van der Waals surface area contributed by atoms with Gasteiger partial charge in [-0.25, -0.2) is 19.6 Å². The summed E-state index contributed by atoms with van der Waals surface area (Å²) in [6, 6.07) is 4.88. The standard InChI is InChI=1S/C15H16N6O3/c1-10(2)23-6-11-3-4-12(24-11)15(22)20-13-5-14(18-8-17-13)21-9-16-7-19-21/h3-5,7-10H,6H2,1-2H3,(H,17,18,20,22). The molecule has 0 aliphatic rings. The molecule has 0 unspecified atom stereocenters. The first-order valence-corrected chi connectivity index (χ1v) is 7.30. The number of aromatic nitrogens is 5. The van der Waals surface area contributed by atoms with Gasteiger partial charge in [-0.2, -0.15) is 5.10 Å². The molecule has 0 fully saturated rings. The molecule has 124 valence electrons. The maximum atomic E-state index is 12.2. The highest BCUT2D eigenvalue weighted by Crippen LogP contribution is 2.13. The molecule has 0 saturated carbocycles. The van der Waals surface area contributed by atoms with E-state index in [1.807, 2.05) is 13.8 Å². The zero-order valence-electron chi connectivity index (χ0n) is 13.2. The lowest BCUT2D eigenvalue weighted by atomic mass is 10.4. The summed E-state index contributed by atoms with van der Waals surface area (Å²) in [6.07, 6.45) is 4.31. The highest BCUT2D eigenvalue weighted by molar-refractivity contribution is 6.01. The van der Waals surface area contributed by atoms with Crippen molar-refractivity contribution >= 4 is 11.7 Å². The predicted molar refractivity (Wildman–Crippen MR) is 83.5 cm³/mol. The molecule has 0 aromatic carbocycles. The van der Waals surface area contributed by atoms with E-state index < -0.39 is 5.91 Å². The van der Waals surface area contributed by atoms with Crippen LogP contribution in [-0.2, 0) is 11.3 Å². The molecule has 3 aromatic heterocycles. The lowest BCUT2D eigenvalue weighted by molar-refractivity contribution is 0.0537. The van der Waals surface area contributed by atoms with Gasteiger partial charge in [-0.05, 0) is 26.0 Å². The van der Waals surface area contributed by atoms with E-state index in [0.29, 0.717) is 24.0 Å². The minimum atomic E-state index is -0.408. The number of carbonyl (C=O) groups is 1. The Bertz CT molecular complexity index is 812. The molecule has 0 aliphatic carbocycles. The molecule has 0 radical (unpaired) electrons. The van der Waals surface area contributed by atoms with Crippen molar-refractivity contribution in [2.24, 2.45) is 0 Å². The molecule has 3 heterocycles. The third-order valence-electron chi connectivity index (χ3n) is 2.99. The van der Waals surface area contributed by atoms with Gasteiger partial charge in [0.15, 0.2) is 11.6 Å². The number of nitrogens with one attached hydrogen (secondary N) is 1. The Morgan fingerprint density at radius 2 is 2.21 bits per heavy atom. The number of furan rings is 1. The van der Waals surface area contributed by atoms with Crippen LogP contribution in [0.4, 0.5) is 5.82 Å². The second kappa shape index (κ2) is 7.01. The molecule has 0 saturated heterocycles. The van der Waals surface area contributed by atoms with E-state index in [4.69, 9.17) is 9.15 Å². The summed E-state index contributed by atoms with van der Waals surface area (Å²) in [7, 11) is 0. The number of ether oxygens (including phenoxy) is 1. The predicted octanol–water partition coefficient (Wildman–Crippen LogP) is 1.83. The minimum absolute atomic E-state index is 0.0867. The molecule has 3 rings (SSSR count). The van der Waals surface area contributed by atoms with E-state index in [1.54, 1.807) is 18.2 Å². The molecule has 0 spiro atoms. The zero-order chi connectivity index (χ0) is 16.9. The monoisotopic (exact) mass is 328 g/mol. The van der Waals surface area contributed by atoms with Gasteiger partial charge in [0.05, 0.1) is 6.10 Å². The minimum Gasteiger partial charge on any atom is -0.453 e. The highest BCUT2D eigenvalue weighted by Gasteiger charge is 2.13. The fourth-order valence-electron chi connectivity index (χ4n) is 1.87. The van der Waals surface area contributed by atoms with Gasteiger partial charge >= 0.3 is 0 Å². The average molecular weight is 328 g/mol. The van der Waals surface area contributed by atoms with E-state index in [2.05, 4.69) is 25.4 Å². The van der Waals surface area contributed by atoms with Crippen LogP contribution in [0.15, 0.2) is 41.6 Å². The molecule has 3 aromatic rings. The molecular weight excluding hydrogens is 312 g/mol. The quantitative estimate of drug-likeness (QED) is 0.735. The first-order chi connectivity index (χ1) is 11.6. The number of anilines is 1. The number of carbonyl (C=O) groups excluding carboxylic acids is 1. The number of rotatable bonds is 6. The molecule has 9 nitrogen and oxygen atoms in total. The van der Waals surface area contributed by atoms with Crippen molar-refractivity contribution in [3.05, 3.63) is 48.7 Å². The smallest absolute Gasteiger partial charge is 0.292 e. The molecular formula is C15H16N6O3. The van der Waals surface area contributed by atoms with Gasteiger partial charge in [0.2, 0.25) is 0 Å². The summed E-state index contributed by atoms with van der Waals surface area (Å²) in [5.41, 5.74) is 0. The van der Waals surface area contributed by atoms with Crippen molar-refractivity contribution in [1.82, 2.24) is 24.7 Å². The van der Waals surface area contributed by atoms with E-state index in [1.165, 1.54) is 23.7 Å². The fourth-order valence-corrected chi connectivity index (χ4v) is 1.87. The van der Waals surface area contributed by atoms with Crippen molar-refractivity contribution in [3.63, 3.8) is 0 Å². The first kappa shape index (κ1) is 15.8. The Morgan fingerprint density at radius 3 is 2.96 bits per heavy atom. The van der Waals surface area contributed by atoms with Gasteiger partial charge in [0.1, 0.15) is 37.2 Å². The molecule has 1 N–H and O–H groups in total. The second-order valence-electron chi connectivity index (χ2n) is 5.18. The maximum Gasteiger partial charge on any atom is 0.292 e. The van der Waals surface area contributed by atoms with Crippen molar-refractivity contribution in [2.45, 2.75) is 26.6 Å². The molecule has 9 heteroatoms. The lowest BCUT2D eigenvalue weighted by Crippen LogP contribution is -2.13. The van der Waals surface area contributed by atoms with Crippen LogP contribution < -0.4 is 5.32 Å². The number of hydrogen-bond acceptors (Lipinski definition) is 7. The summed E-state index contributed by atoms with van der Waals surface area (Å²) in [5.74, 6) is 1.17. The van der Waals surface area contributed by atoms with Crippen LogP contribution in [0, 0.1) is 0 Å². The normalized spacial score (nSPS) is 11.0. The second-order valence-corrected chi connectivity index (χ2v) is 5.18. The molecule has 24 heavy (non-hydrogen) atoms. The molecule has 0 aliphatic heterocycles. The molecule has 1 amide bonds. The van der Waals surface area contributed by atoms with Gasteiger partial charge < -0.3 is 14.5 Å². The van der Waals surface area contributed by atoms with Crippen LogP contribution in [0.1, 0.15) is 30.2 Å². The Hall–Kier alpha value is -3.07. The van der Waals surface area contributed by atoms with Crippen molar-refractivity contribution < 1.29 is 13.9 Å². The summed E-state index contributed by atoms with van der Waals surface area (Å²) >= 11 is 0. The highest BCUT2D eigenvalue weighted by atomic mass is 16.5. The van der Waals surface area contributed by atoms with Crippen LogP contribution in [0.3, 0.4) is 0 Å². The lowest BCUT2D eigenvalue weighted by Gasteiger charge is -2.05. The summed E-state index contributed by atoms with van der Waals surface area (Å²) in [4.78, 5) is 24.1. The third kappa shape index (κ3) is 3.82. The van der Waals surface area contributed by atoms with Crippen LogP contribution in [0.25, 0.3) is 5.82 Å². The Kier molecular flexibility index (Phi) is 4.62. The van der Waals surface area contributed by atoms with Crippen molar-refractivity contribution in [3.8, 4) is 5.82 Å². The SMILES string of the molecule is CC(C)OCc1ccc(C(=O)Nc2cc(-n3cncn3)ncn2)o1. The van der Waals surface area contributed by atoms with E-state index in [9.17, 15) is 4.79 Å². The van der Waals surface area contributed by atoms with Crippen molar-refractivity contribution in [2.75, 3.05) is 5.32 Å². The summed E-state index contributed by atoms with van der Waals surface area (Å²) < 4.78 is 12.4. The Morgan fingerprint density at radius 1 is 1.33 bits per heavy atom. The summed E-state index contributed by atoms with van der Waals surface area (Å²) in [5, 5.41) is 6.63. The van der Waals surface area contributed by atoms with Crippen LogP contribution in [0.2, 0.25) is 0 Å². The number of hydrogen-bond donors (Lipinski definition) is 1. The number of nitrogens with zero attached hydrogens (tertiary/aromatic N) is 5. The molecule has 0 bridgehead atoms. The Balaban J connectivity index is 1.68. The van der Waals surface area contributed by atoms with Gasteiger partial charge in [-0.3, -0.25) is 4.79 Å². The van der Waals surface area contributed by atoms with Gasteiger partial charge in [0.25, 0.3) is 5.91 Å².